The minimum atomic E-state index is -0.0521. The highest BCUT2D eigenvalue weighted by molar-refractivity contribution is 5.80. The van der Waals surface area contributed by atoms with Crippen molar-refractivity contribution in [2.45, 2.75) is 18.3 Å². The quantitative estimate of drug-likeness (QED) is 0.802. The molecule has 4 rings (SSSR count). The van der Waals surface area contributed by atoms with E-state index in [1.807, 2.05) is 12.1 Å². The van der Waals surface area contributed by atoms with Crippen molar-refractivity contribution in [2.75, 3.05) is 7.11 Å². The van der Waals surface area contributed by atoms with E-state index < -0.39 is 0 Å². The van der Waals surface area contributed by atoms with Gasteiger partial charge in [-0.25, -0.2) is 0 Å². The van der Waals surface area contributed by atoms with E-state index in [9.17, 15) is 4.79 Å². The van der Waals surface area contributed by atoms with Gasteiger partial charge in [-0.15, -0.1) is 0 Å². The van der Waals surface area contributed by atoms with Gasteiger partial charge in [0, 0.05) is 5.41 Å². The molecule has 0 radical (unpaired) electrons. The number of hydrogen-bond acceptors (Lipinski definition) is 2. The van der Waals surface area contributed by atoms with Crippen LogP contribution in [0.25, 0.3) is 0 Å². The van der Waals surface area contributed by atoms with Gasteiger partial charge in [0.05, 0.1) is 13.0 Å². The molecule has 2 aliphatic rings. The molecule has 2 fully saturated rings. The number of rotatable bonds is 3. The van der Waals surface area contributed by atoms with Gasteiger partial charge in [-0.2, -0.15) is 0 Å². The summed E-state index contributed by atoms with van der Waals surface area (Å²) in [5, 5.41) is 0. The van der Waals surface area contributed by atoms with E-state index in [1.54, 1.807) is 0 Å². The molecule has 21 heavy (non-hydrogen) atoms. The molecule has 0 heterocycles. The van der Waals surface area contributed by atoms with Crippen LogP contribution in [0.2, 0.25) is 0 Å². The molecular formula is C19H18O2. The molecule has 2 aromatic carbocycles. The lowest BCUT2D eigenvalue weighted by Gasteiger charge is -2.19. The third-order valence-electron chi connectivity index (χ3n) is 5.40. The van der Waals surface area contributed by atoms with Crippen LogP contribution >= 0.6 is 0 Å². The van der Waals surface area contributed by atoms with Gasteiger partial charge in [0.1, 0.15) is 0 Å². The molecule has 2 aliphatic carbocycles. The molecule has 0 N–H and O–H groups in total. The summed E-state index contributed by atoms with van der Waals surface area (Å²) >= 11 is 0. The van der Waals surface area contributed by atoms with Crippen molar-refractivity contribution in [1.29, 1.82) is 0 Å². The average Bonchev–Trinajstić information content (AvgIpc) is 3.45. The van der Waals surface area contributed by atoms with Gasteiger partial charge in [0.2, 0.25) is 0 Å². The van der Waals surface area contributed by atoms with Crippen molar-refractivity contribution in [2.24, 2.45) is 11.3 Å². The van der Waals surface area contributed by atoms with Gasteiger partial charge >= 0.3 is 5.97 Å². The van der Waals surface area contributed by atoms with Crippen LogP contribution in [0.3, 0.4) is 0 Å². The third kappa shape index (κ3) is 1.56. The van der Waals surface area contributed by atoms with E-state index in [0.29, 0.717) is 0 Å². The fourth-order valence-electron chi connectivity index (χ4n) is 4.24. The van der Waals surface area contributed by atoms with Gasteiger partial charge in [-0.05, 0) is 29.4 Å². The summed E-state index contributed by atoms with van der Waals surface area (Å²) < 4.78 is 4.98. The first-order valence-electron chi connectivity index (χ1n) is 7.43. The predicted octanol–water partition coefficient (Wildman–Crippen LogP) is 3.56. The first kappa shape index (κ1) is 12.6. The summed E-state index contributed by atoms with van der Waals surface area (Å²) in [5.74, 6) is 0.00616. The van der Waals surface area contributed by atoms with Crippen molar-refractivity contribution in [1.82, 2.24) is 0 Å². The minimum Gasteiger partial charge on any atom is -0.469 e. The maximum atomic E-state index is 12.0. The van der Waals surface area contributed by atoms with E-state index in [4.69, 9.17) is 4.74 Å². The molecule has 0 saturated heterocycles. The van der Waals surface area contributed by atoms with Crippen molar-refractivity contribution in [3.63, 3.8) is 0 Å². The second kappa shape index (κ2) is 4.20. The van der Waals surface area contributed by atoms with Gasteiger partial charge < -0.3 is 4.74 Å². The lowest BCUT2D eigenvalue weighted by atomic mass is 9.84. The van der Waals surface area contributed by atoms with E-state index >= 15 is 0 Å². The summed E-state index contributed by atoms with van der Waals surface area (Å²) in [5.41, 5.74) is 2.72. The van der Waals surface area contributed by atoms with Crippen molar-refractivity contribution >= 4 is 5.97 Å². The van der Waals surface area contributed by atoms with Crippen LogP contribution in [0.5, 0.6) is 0 Å². The second-order valence-electron chi connectivity index (χ2n) is 6.25. The largest absolute Gasteiger partial charge is 0.469 e. The molecule has 0 aromatic heterocycles. The van der Waals surface area contributed by atoms with E-state index in [1.165, 1.54) is 18.2 Å². The van der Waals surface area contributed by atoms with E-state index in [2.05, 4.69) is 48.5 Å². The van der Waals surface area contributed by atoms with Gasteiger partial charge in [-0.1, -0.05) is 60.7 Å². The SMILES string of the molecule is COC(=O)[C@@H]1CC12CC2(c1ccccc1)c1ccccc1. The first-order valence-corrected chi connectivity index (χ1v) is 7.43. The van der Waals surface area contributed by atoms with Gasteiger partial charge in [0.25, 0.3) is 0 Å². The van der Waals surface area contributed by atoms with E-state index in [0.717, 1.165) is 12.8 Å². The van der Waals surface area contributed by atoms with Crippen LogP contribution < -0.4 is 0 Å². The number of esters is 1. The summed E-state index contributed by atoms with van der Waals surface area (Å²) in [4.78, 5) is 12.0. The van der Waals surface area contributed by atoms with Crippen LogP contribution in [0.15, 0.2) is 60.7 Å². The summed E-state index contributed by atoms with van der Waals surface area (Å²) in [6.07, 6.45) is 2.00. The van der Waals surface area contributed by atoms with Crippen LogP contribution in [0, 0.1) is 11.3 Å². The summed E-state index contributed by atoms with van der Waals surface area (Å²) in [6, 6.07) is 21.2. The maximum absolute atomic E-state index is 12.0. The van der Waals surface area contributed by atoms with Crippen LogP contribution in [0.1, 0.15) is 24.0 Å². The molecular weight excluding hydrogens is 260 g/mol. The summed E-state index contributed by atoms with van der Waals surface area (Å²) in [6.45, 7) is 0. The first-order chi connectivity index (χ1) is 10.2. The Morgan fingerprint density at radius 2 is 1.52 bits per heavy atom. The predicted molar refractivity (Wildman–Crippen MR) is 80.8 cm³/mol. The minimum absolute atomic E-state index is 0.00558. The summed E-state index contributed by atoms with van der Waals surface area (Å²) in [7, 11) is 1.49. The zero-order valence-electron chi connectivity index (χ0n) is 12.1. The van der Waals surface area contributed by atoms with Gasteiger partial charge in [-0.3, -0.25) is 4.79 Å². The Bertz CT molecular complexity index is 638. The number of carbonyl (C=O) groups excluding carboxylic acids is 1. The van der Waals surface area contributed by atoms with Crippen LogP contribution in [-0.4, -0.2) is 13.1 Å². The molecule has 0 bridgehead atoms. The Labute approximate surface area is 124 Å². The smallest absolute Gasteiger partial charge is 0.309 e. The second-order valence-corrected chi connectivity index (χ2v) is 6.25. The van der Waals surface area contributed by atoms with E-state index in [-0.39, 0.29) is 22.7 Å². The number of carbonyl (C=O) groups is 1. The highest BCUT2D eigenvalue weighted by Crippen LogP contribution is 2.83. The Morgan fingerprint density at radius 1 is 1.00 bits per heavy atom. The highest BCUT2D eigenvalue weighted by atomic mass is 16.5. The van der Waals surface area contributed by atoms with Gasteiger partial charge in [0.15, 0.2) is 0 Å². The lowest BCUT2D eigenvalue weighted by molar-refractivity contribution is -0.142. The lowest BCUT2D eigenvalue weighted by Crippen LogP contribution is -2.16. The molecule has 0 amide bonds. The maximum Gasteiger partial charge on any atom is 0.309 e. The van der Waals surface area contributed by atoms with Crippen LogP contribution in [-0.2, 0) is 14.9 Å². The third-order valence-corrected chi connectivity index (χ3v) is 5.40. The topological polar surface area (TPSA) is 26.3 Å². The van der Waals surface area contributed by atoms with Crippen molar-refractivity contribution in [3.8, 4) is 0 Å². The molecule has 0 aliphatic heterocycles. The zero-order chi connectivity index (χ0) is 14.5. The molecule has 2 saturated carbocycles. The molecule has 2 aromatic rings. The molecule has 2 heteroatoms. The monoisotopic (exact) mass is 278 g/mol. The highest BCUT2D eigenvalue weighted by Gasteiger charge is 2.82. The number of ether oxygens (including phenoxy) is 1. The average molecular weight is 278 g/mol. The number of methoxy groups -OCH3 is 1. The Kier molecular flexibility index (Phi) is 2.53. The number of benzene rings is 2. The van der Waals surface area contributed by atoms with Crippen molar-refractivity contribution < 1.29 is 9.53 Å². The Morgan fingerprint density at radius 3 is 2.00 bits per heavy atom. The molecule has 2 nitrogen and oxygen atoms in total. The number of hydrogen-bond donors (Lipinski definition) is 0. The normalized spacial score (nSPS) is 28.1. The Balaban J connectivity index is 1.80. The molecule has 2 atom stereocenters. The fourth-order valence-corrected chi connectivity index (χ4v) is 4.24. The zero-order valence-corrected chi connectivity index (χ0v) is 12.1. The molecule has 106 valence electrons. The Hall–Kier alpha value is -2.09. The molecule has 1 spiro atoms. The van der Waals surface area contributed by atoms with Crippen LogP contribution in [0.4, 0.5) is 0 Å². The van der Waals surface area contributed by atoms with Crippen molar-refractivity contribution in [3.05, 3.63) is 71.8 Å². The molecule has 1 unspecified atom stereocenters. The standard InChI is InChI=1S/C19H18O2/c1-21-17(20)16-12-18(16)13-19(18,14-8-4-2-5-9-14)15-10-6-3-7-11-15/h2-11,16H,12-13H2,1H3/t16-,18?/m0/s1. The fraction of sp³-hybridized carbons (Fsp3) is 0.316.